The minimum Gasteiger partial charge on any atom is -0.454 e. The lowest BCUT2D eigenvalue weighted by Gasteiger charge is -2.08. The first-order valence-corrected chi connectivity index (χ1v) is 8.39. The molecule has 0 saturated heterocycles. The number of fused-ring (bicyclic) bond motifs is 4. The maximum atomic E-state index is 12.4. The molecular weight excluding hydrogens is 336 g/mol. The number of rotatable bonds is 2. The van der Waals surface area contributed by atoms with Crippen LogP contribution >= 0.6 is 0 Å². The fourth-order valence-electron chi connectivity index (χ4n) is 3.52. The number of benzene rings is 2. The average Bonchev–Trinajstić information content (AvgIpc) is 3.30. The summed E-state index contributed by atoms with van der Waals surface area (Å²) in [5.41, 5.74) is 2.30. The summed E-state index contributed by atoms with van der Waals surface area (Å²) in [6.45, 7) is 0.141. The van der Waals surface area contributed by atoms with Gasteiger partial charge in [-0.05, 0) is 55.2 Å². The highest BCUT2D eigenvalue weighted by atomic mass is 16.7. The smallest absolute Gasteiger partial charge is 0.343 e. The van der Waals surface area contributed by atoms with E-state index in [1.54, 1.807) is 30.3 Å². The van der Waals surface area contributed by atoms with Crippen LogP contribution in [0, 0.1) is 0 Å². The van der Waals surface area contributed by atoms with E-state index in [0.717, 1.165) is 35.8 Å². The normalized spacial score (nSPS) is 14.5. The number of carbonyl (C=O) groups excluding carboxylic acids is 1. The number of carbonyl (C=O) groups is 1. The van der Waals surface area contributed by atoms with Crippen molar-refractivity contribution in [1.82, 2.24) is 0 Å². The fraction of sp³-hybridized carbons (Fsp3) is 0.200. The van der Waals surface area contributed by atoms with Crippen LogP contribution in [0.2, 0.25) is 0 Å². The van der Waals surface area contributed by atoms with E-state index >= 15 is 0 Å². The van der Waals surface area contributed by atoms with Crippen molar-refractivity contribution in [2.45, 2.75) is 19.3 Å². The molecule has 0 N–H and O–H groups in total. The van der Waals surface area contributed by atoms with E-state index in [9.17, 15) is 9.59 Å². The van der Waals surface area contributed by atoms with Gasteiger partial charge in [-0.15, -0.1) is 0 Å². The molecule has 0 spiro atoms. The Bertz CT molecular complexity index is 1110. The van der Waals surface area contributed by atoms with Crippen molar-refractivity contribution in [3.8, 4) is 17.2 Å². The van der Waals surface area contributed by atoms with Gasteiger partial charge in [-0.2, -0.15) is 0 Å². The molecule has 0 bridgehead atoms. The fourth-order valence-corrected chi connectivity index (χ4v) is 3.52. The topological polar surface area (TPSA) is 75.0 Å². The monoisotopic (exact) mass is 350 g/mol. The molecule has 2 aromatic carbocycles. The highest BCUT2D eigenvalue weighted by Gasteiger charge is 2.21. The average molecular weight is 350 g/mol. The Labute approximate surface area is 147 Å². The minimum atomic E-state index is -0.522. The Morgan fingerprint density at radius 2 is 1.81 bits per heavy atom. The van der Waals surface area contributed by atoms with Gasteiger partial charge in [0.2, 0.25) is 6.79 Å². The molecule has 0 amide bonds. The molecule has 1 aliphatic heterocycles. The standard InChI is InChI=1S/C20H14O6/c21-19(11-4-7-16-18(8-11)24-10-23-16)25-12-5-6-14-13-2-1-3-15(13)20(22)26-17(14)9-12/h4-9H,1-3,10H2. The highest BCUT2D eigenvalue weighted by molar-refractivity contribution is 5.92. The van der Waals surface area contributed by atoms with E-state index in [2.05, 4.69) is 0 Å². The Balaban J connectivity index is 1.47. The lowest BCUT2D eigenvalue weighted by atomic mass is 10.1. The number of hydrogen-bond acceptors (Lipinski definition) is 6. The van der Waals surface area contributed by atoms with Gasteiger partial charge >= 0.3 is 11.6 Å². The van der Waals surface area contributed by atoms with Crippen molar-refractivity contribution in [2.75, 3.05) is 6.79 Å². The molecule has 0 saturated carbocycles. The molecule has 3 aromatic rings. The first-order valence-electron chi connectivity index (χ1n) is 8.39. The number of esters is 1. The van der Waals surface area contributed by atoms with Crippen molar-refractivity contribution >= 4 is 16.9 Å². The van der Waals surface area contributed by atoms with Gasteiger partial charge in [0, 0.05) is 17.0 Å². The predicted octanol–water partition coefficient (Wildman–Crippen LogP) is 3.23. The number of ether oxygens (including phenoxy) is 3. The van der Waals surface area contributed by atoms with Gasteiger partial charge in [-0.1, -0.05) is 0 Å². The van der Waals surface area contributed by atoms with Crippen LogP contribution in [0.1, 0.15) is 27.9 Å². The molecule has 5 rings (SSSR count). The zero-order valence-corrected chi connectivity index (χ0v) is 13.7. The third-order valence-electron chi connectivity index (χ3n) is 4.76. The second-order valence-electron chi connectivity index (χ2n) is 6.32. The SMILES string of the molecule is O=C(Oc1ccc2c3c(c(=O)oc2c1)CCC3)c1ccc2c(c1)OCO2. The van der Waals surface area contributed by atoms with Crippen LogP contribution < -0.4 is 19.8 Å². The van der Waals surface area contributed by atoms with E-state index in [1.165, 1.54) is 0 Å². The van der Waals surface area contributed by atoms with Gasteiger partial charge in [0.25, 0.3) is 0 Å². The lowest BCUT2D eigenvalue weighted by Crippen LogP contribution is -2.09. The molecule has 0 unspecified atom stereocenters. The van der Waals surface area contributed by atoms with Crippen LogP contribution in [-0.2, 0) is 12.8 Å². The molecule has 130 valence electrons. The maximum Gasteiger partial charge on any atom is 0.343 e. The zero-order chi connectivity index (χ0) is 17.7. The summed E-state index contributed by atoms with van der Waals surface area (Å²) in [5.74, 6) is 0.912. The van der Waals surface area contributed by atoms with Crippen LogP contribution in [-0.4, -0.2) is 12.8 Å². The molecule has 0 atom stereocenters. The van der Waals surface area contributed by atoms with Gasteiger partial charge < -0.3 is 18.6 Å². The first-order chi connectivity index (χ1) is 12.7. The van der Waals surface area contributed by atoms with Gasteiger partial charge in [-0.25, -0.2) is 9.59 Å². The van der Waals surface area contributed by atoms with Gasteiger partial charge in [-0.3, -0.25) is 0 Å². The maximum absolute atomic E-state index is 12.4. The Morgan fingerprint density at radius 1 is 0.962 bits per heavy atom. The van der Waals surface area contributed by atoms with Crippen LogP contribution in [0.15, 0.2) is 45.6 Å². The van der Waals surface area contributed by atoms with Crippen LogP contribution in [0.5, 0.6) is 17.2 Å². The third kappa shape index (κ3) is 2.34. The van der Waals surface area contributed by atoms with Gasteiger partial charge in [0.15, 0.2) is 11.5 Å². The quantitative estimate of drug-likeness (QED) is 0.401. The van der Waals surface area contributed by atoms with Crippen LogP contribution in [0.4, 0.5) is 0 Å². The van der Waals surface area contributed by atoms with Crippen molar-refractivity contribution in [1.29, 1.82) is 0 Å². The largest absolute Gasteiger partial charge is 0.454 e. The van der Waals surface area contributed by atoms with E-state index < -0.39 is 5.97 Å². The van der Waals surface area contributed by atoms with Gasteiger partial charge in [0.05, 0.1) is 5.56 Å². The molecule has 6 heteroatoms. The Hall–Kier alpha value is -3.28. The molecule has 6 nitrogen and oxygen atoms in total. The van der Waals surface area contributed by atoms with Crippen molar-refractivity contribution in [2.24, 2.45) is 0 Å². The van der Waals surface area contributed by atoms with E-state index in [0.29, 0.717) is 28.4 Å². The minimum absolute atomic E-state index is 0.141. The summed E-state index contributed by atoms with van der Waals surface area (Å²) in [6.07, 6.45) is 2.59. The predicted molar refractivity (Wildman–Crippen MR) is 92.0 cm³/mol. The summed E-state index contributed by atoms with van der Waals surface area (Å²) >= 11 is 0. The first kappa shape index (κ1) is 15.0. The Kier molecular flexibility index (Phi) is 3.25. The van der Waals surface area contributed by atoms with E-state index in [1.807, 2.05) is 6.07 Å². The summed E-state index contributed by atoms with van der Waals surface area (Å²) in [5, 5.41) is 0.903. The lowest BCUT2D eigenvalue weighted by molar-refractivity contribution is 0.0734. The summed E-state index contributed by atoms with van der Waals surface area (Å²) < 4.78 is 21.3. The summed E-state index contributed by atoms with van der Waals surface area (Å²) in [4.78, 5) is 24.5. The molecule has 1 aromatic heterocycles. The second-order valence-corrected chi connectivity index (χ2v) is 6.32. The molecule has 0 radical (unpaired) electrons. The molecule has 0 fully saturated rings. The zero-order valence-electron chi connectivity index (χ0n) is 13.7. The molecule has 2 heterocycles. The van der Waals surface area contributed by atoms with E-state index in [4.69, 9.17) is 18.6 Å². The molecule has 2 aliphatic rings. The Morgan fingerprint density at radius 3 is 2.73 bits per heavy atom. The second kappa shape index (κ2) is 5.62. The third-order valence-corrected chi connectivity index (χ3v) is 4.76. The van der Waals surface area contributed by atoms with Crippen molar-refractivity contribution in [3.63, 3.8) is 0 Å². The van der Waals surface area contributed by atoms with Gasteiger partial charge in [0.1, 0.15) is 11.3 Å². The highest BCUT2D eigenvalue weighted by Crippen LogP contribution is 2.33. The number of aryl methyl sites for hydroxylation is 1. The number of hydrogen-bond donors (Lipinski definition) is 0. The summed E-state index contributed by atoms with van der Waals surface area (Å²) in [6, 6.07) is 10.0. The van der Waals surface area contributed by atoms with E-state index in [-0.39, 0.29) is 12.4 Å². The summed E-state index contributed by atoms with van der Waals surface area (Å²) in [7, 11) is 0. The molecular formula is C20H14O6. The van der Waals surface area contributed by atoms with Crippen molar-refractivity contribution < 1.29 is 23.4 Å². The van der Waals surface area contributed by atoms with Crippen molar-refractivity contribution in [3.05, 3.63) is 63.5 Å². The van der Waals surface area contributed by atoms with Crippen LogP contribution in [0.25, 0.3) is 11.0 Å². The molecule has 1 aliphatic carbocycles. The molecule has 26 heavy (non-hydrogen) atoms. The van der Waals surface area contributed by atoms with Crippen LogP contribution in [0.3, 0.4) is 0 Å².